The number of carbonyl (C=O) groups is 1. The van der Waals surface area contributed by atoms with Crippen LogP contribution < -0.4 is 16.0 Å². The van der Waals surface area contributed by atoms with Crippen molar-refractivity contribution in [2.45, 2.75) is 59.4 Å². The van der Waals surface area contributed by atoms with Crippen molar-refractivity contribution in [1.29, 1.82) is 0 Å². The number of nitrogens with one attached hydrogen (secondary N) is 3. The molecule has 0 fully saturated rings. The Morgan fingerprint density at radius 3 is 2.63 bits per heavy atom. The monoisotopic (exact) mass is 528 g/mol. The number of halogens is 1. The summed E-state index contributed by atoms with van der Waals surface area (Å²) in [6, 6.07) is 7.51. The number of amides is 1. The maximum absolute atomic E-state index is 12.1. The summed E-state index contributed by atoms with van der Waals surface area (Å²) in [6.45, 7) is 9.75. The van der Waals surface area contributed by atoms with E-state index in [2.05, 4.69) is 44.9 Å². The van der Waals surface area contributed by atoms with Gasteiger partial charge in [-0.25, -0.2) is 9.98 Å². The van der Waals surface area contributed by atoms with E-state index in [4.69, 9.17) is 4.52 Å². The highest BCUT2D eigenvalue weighted by molar-refractivity contribution is 14.0. The number of aliphatic imine (C=N–C) groups is 1. The van der Waals surface area contributed by atoms with Crippen molar-refractivity contribution in [3.63, 3.8) is 0 Å². The van der Waals surface area contributed by atoms with E-state index < -0.39 is 0 Å². The topological polar surface area (TPSA) is 104 Å². The predicted molar refractivity (Wildman–Crippen MR) is 130 cm³/mol. The largest absolute Gasteiger partial charge is 0.359 e. The van der Waals surface area contributed by atoms with Gasteiger partial charge in [0.25, 0.3) is 0 Å². The maximum atomic E-state index is 12.1. The molecule has 0 aliphatic heterocycles. The van der Waals surface area contributed by atoms with Crippen LogP contribution in [0.1, 0.15) is 63.1 Å². The number of nitrogens with zero attached hydrogens (tertiary/aromatic N) is 3. The smallest absolute Gasteiger partial charge is 0.227 e. The van der Waals surface area contributed by atoms with Crippen LogP contribution in [0.25, 0.3) is 0 Å². The predicted octanol–water partition coefficient (Wildman–Crippen LogP) is 3.98. The Labute approximate surface area is 195 Å². The molecule has 0 saturated heterocycles. The van der Waals surface area contributed by atoms with Gasteiger partial charge in [0.05, 0.1) is 5.69 Å². The van der Waals surface area contributed by atoms with Crippen molar-refractivity contribution in [3.8, 4) is 0 Å². The first-order chi connectivity index (χ1) is 14.0. The van der Waals surface area contributed by atoms with Crippen LogP contribution in [0.5, 0.6) is 0 Å². The zero-order chi connectivity index (χ0) is 21.1. The van der Waals surface area contributed by atoms with Crippen molar-refractivity contribution < 1.29 is 9.32 Å². The van der Waals surface area contributed by atoms with Crippen molar-refractivity contribution in [3.05, 3.63) is 41.4 Å². The lowest BCUT2D eigenvalue weighted by Crippen LogP contribution is -2.38. The highest BCUT2D eigenvalue weighted by Gasteiger charge is 2.13. The van der Waals surface area contributed by atoms with Crippen molar-refractivity contribution >= 4 is 41.7 Å². The summed E-state index contributed by atoms with van der Waals surface area (Å²) in [7, 11) is 0. The number of guanidine groups is 1. The summed E-state index contributed by atoms with van der Waals surface area (Å²) in [5.74, 6) is 2.25. The van der Waals surface area contributed by atoms with E-state index in [0.29, 0.717) is 37.2 Å². The van der Waals surface area contributed by atoms with Crippen LogP contribution in [-0.4, -0.2) is 35.1 Å². The number of rotatable bonds is 10. The SMILES string of the molecule is CCNC(=NCc1cc(C(CC)CC)no1)NCCC(=O)Nc1cccc(C)n1.I. The molecule has 0 spiro atoms. The Hall–Kier alpha value is -2.17. The molecule has 0 bridgehead atoms. The number of carbonyl (C=O) groups excluding carboxylic acids is 1. The van der Waals surface area contributed by atoms with Gasteiger partial charge in [0.2, 0.25) is 5.91 Å². The van der Waals surface area contributed by atoms with Gasteiger partial charge in [-0.2, -0.15) is 0 Å². The third-order valence-electron chi connectivity index (χ3n) is 4.52. The fourth-order valence-corrected chi connectivity index (χ4v) is 2.91. The van der Waals surface area contributed by atoms with Crippen molar-refractivity contribution in [2.75, 3.05) is 18.4 Å². The molecule has 3 N–H and O–H groups in total. The van der Waals surface area contributed by atoms with Gasteiger partial charge in [-0.1, -0.05) is 25.1 Å². The molecule has 2 heterocycles. The molecule has 30 heavy (non-hydrogen) atoms. The van der Waals surface area contributed by atoms with E-state index in [1.54, 1.807) is 6.07 Å². The molecule has 0 unspecified atom stereocenters. The summed E-state index contributed by atoms with van der Waals surface area (Å²) < 4.78 is 5.41. The van der Waals surface area contributed by atoms with Crippen LogP contribution in [0, 0.1) is 6.92 Å². The summed E-state index contributed by atoms with van der Waals surface area (Å²) in [6.07, 6.45) is 2.38. The Balaban J connectivity index is 0.00000450. The van der Waals surface area contributed by atoms with Crippen LogP contribution in [-0.2, 0) is 11.3 Å². The molecule has 0 radical (unpaired) electrons. The molecule has 1 amide bonds. The number of aryl methyl sites for hydroxylation is 1. The van der Waals surface area contributed by atoms with Gasteiger partial charge < -0.3 is 20.5 Å². The molecule has 2 rings (SSSR count). The van der Waals surface area contributed by atoms with Gasteiger partial charge in [-0.15, -0.1) is 24.0 Å². The lowest BCUT2D eigenvalue weighted by Gasteiger charge is -2.11. The van der Waals surface area contributed by atoms with Gasteiger partial charge in [0.15, 0.2) is 11.7 Å². The molecule has 2 aromatic rings. The first-order valence-corrected chi connectivity index (χ1v) is 10.3. The molecule has 9 heteroatoms. The Kier molecular flexibility index (Phi) is 12.0. The molecule has 2 aromatic heterocycles. The molecule has 0 atom stereocenters. The van der Waals surface area contributed by atoms with E-state index >= 15 is 0 Å². The zero-order valence-corrected chi connectivity index (χ0v) is 20.5. The third-order valence-corrected chi connectivity index (χ3v) is 4.52. The highest BCUT2D eigenvalue weighted by Crippen LogP contribution is 2.22. The van der Waals surface area contributed by atoms with Crippen LogP contribution in [0.2, 0.25) is 0 Å². The molecular formula is C21H33IN6O2. The van der Waals surface area contributed by atoms with Crippen LogP contribution >= 0.6 is 24.0 Å². The van der Waals surface area contributed by atoms with Crippen LogP contribution in [0.15, 0.2) is 33.8 Å². The number of aromatic nitrogens is 2. The lowest BCUT2D eigenvalue weighted by molar-refractivity contribution is -0.116. The molecule has 0 aliphatic carbocycles. The van der Waals surface area contributed by atoms with Crippen molar-refractivity contribution in [2.24, 2.45) is 4.99 Å². The van der Waals surface area contributed by atoms with Gasteiger partial charge in [0, 0.05) is 37.2 Å². The Bertz CT molecular complexity index is 804. The van der Waals surface area contributed by atoms with Crippen LogP contribution in [0.4, 0.5) is 5.82 Å². The quantitative estimate of drug-likeness (QED) is 0.245. The Morgan fingerprint density at radius 2 is 1.97 bits per heavy atom. The summed E-state index contributed by atoms with van der Waals surface area (Å²) >= 11 is 0. The second kappa shape index (κ2) is 13.9. The van der Waals surface area contributed by atoms with Gasteiger partial charge in [-0.3, -0.25) is 4.79 Å². The molecule has 0 saturated carbocycles. The minimum absolute atomic E-state index is 0. The second-order valence-corrected chi connectivity index (χ2v) is 6.82. The van der Waals surface area contributed by atoms with E-state index in [-0.39, 0.29) is 29.9 Å². The summed E-state index contributed by atoms with van der Waals surface area (Å²) in [5.41, 5.74) is 1.85. The molecule has 0 aliphatic rings. The number of hydrogen-bond donors (Lipinski definition) is 3. The molecular weight excluding hydrogens is 495 g/mol. The fourth-order valence-electron chi connectivity index (χ4n) is 2.91. The van der Waals surface area contributed by atoms with E-state index in [1.165, 1.54) is 0 Å². The summed E-state index contributed by atoms with van der Waals surface area (Å²) in [5, 5.41) is 13.3. The first kappa shape index (κ1) is 25.9. The first-order valence-electron chi connectivity index (χ1n) is 10.3. The zero-order valence-electron chi connectivity index (χ0n) is 18.2. The lowest BCUT2D eigenvalue weighted by atomic mass is 9.99. The van der Waals surface area contributed by atoms with E-state index in [0.717, 1.165) is 36.5 Å². The number of hydrogen-bond acceptors (Lipinski definition) is 5. The third kappa shape index (κ3) is 8.68. The normalized spacial score (nSPS) is 11.2. The minimum atomic E-state index is -0.100. The van der Waals surface area contributed by atoms with E-state index in [1.807, 2.05) is 32.0 Å². The van der Waals surface area contributed by atoms with E-state index in [9.17, 15) is 4.79 Å². The standard InChI is InChI=1S/C21H32N6O2.HI/c1-5-16(6-2)18-13-17(29-27-18)14-24-21(22-7-3)23-12-11-20(28)26-19-10-8-9-15(4)25-19;/h8-10,13,16H,5-7,11-12,14H2,1-4H3,(H2,22,23,24)(H,25,26,28);1H. The molecule has 0 aromatic carbocycles. The van der Waals surface area contributed by atoms with Crippen molar-refractivity contribution in [1.82, 2.24) is 20.8 Å². The highest BCUT2D eigenvalue weighted by atomic mass is 127. The fraction of sp³-hybridized carbons (Fsp3) is 0.524. The number of anilines is 1. The Morgan fingerprint density at radius 1 is 1.20 bits per heavy atom. The minimum Gasteiger partial charge on any atom is -0.359 e. The van der Waals surface area contributed by atoms with Crippen LogP contribution in [0.3, 0.4) is 0 Å². The van der Waals surface area contributed by atoms with Gasteiger partial charge >= 0.3 is 0 Å². The molecule has 8 nitrogen and oxygen atoms in total. The van der Waals surface area contributed by atoms with Gasteiger partial charge in [0.1, 0.15) is 12.4 Å². The molecule has 166 valence electrons. The summed E-state index contributed by atoms with van der Waals surface area (Å²) in [4.78, 5) is 20.9. The maximum Gasteiger partial charge on any atom is 0.227 e. The average Bonchev–Trinajstić information content (AvgIpc) is 3.16. The number of pyridine rings is 1. The van der Waals surface area contributed by atoms with Gasteiger partial charge in [-0.05, 0) is 38.8 Å². The second-order valence-electron chi connectivity index (χ2n) is 6.82. The average molecular weight is 528 g/mol.